The van der Waals surface area contributed by atoms with Gasteiger partial charge in [-0.15, -0.1) is 0 Å². The highest BCUT2D eigenvalue weighted by atomic mass is 79.9. The van der Waals surface area contributed by atoms with Crippen LogP contribution < -0.4 is 0 Å². The summed E-state index contributed by atoms with van der Waals surface area (Å²) in [5.74, 6) is -0.573. The number of aliphatic carboxylic acids is 1. The van der Waals surface area contributed by atoms with Gasteiger partial charge in [0.15, 0.2) is 0 Å². The van der Waals surface area contributed by atoms with Crippen molar-refractivity contribution >= 4 is 21.9 Å². The van der Waals surface area contributed by atoms with Gasteiger partial charge in [-0.25, -0.2) is 0 Å². The average molecular weight is 287 g/mol. The molecule has 0 aliphatic rings. The topological polar surface area (TPSA) is 57.5 Å². The van der Waals surface area contributed by atoms with Gasteiger partial charge in [0.1, 0.15) is 5.75 Å². The molecule has 0 amide bonds. The standard InChI is InChI=1S/C12H15BrO3/c1-7-6-9(4-3-5-10(14)15)12(16)11(13)8(7)2/h6,16H,3-5H2,1-2H3,(H,14,15). The molecule has 1 aromatic rings. The Morgan fingerprint density at radius 2 is 2.06 bits per heavy atom. The van der Waals surface area contributed by atoms with E-state index in [1.54, 1.807) is 0 Å². The fraction of sp³-hybridized carbons (Fsp3) is 0.417. The molecule has 3 nitrogen and oxygen atoms in total. The maximum Gasteiger partial charge on any atom is 0.303 e. The van der Waals surface area contributed by atoms with Crippen molar-refractivity contribution in [1.29, 1.82) is 0 Å². The second kappa shape index (κ2) is 5.34. The molecule has 0 saturated heterocycles. The van der Waals surface area contributed by atoms with Crippen LogP contribution in [-0.4, -0.2) is 16.2 Å². The van der Waals surface area contributed by atoms with Crippen LogP contribution in [0.2, 0.25) is 0 Å². The Kier molecular flexibility index (Phi) is 4.35. The van der Waals surface area contributed by atoms with E-state index in [9.17, 15) is 9.90 Å². The highest BCUT2D eigenvalue weighted by Crippen LogP contribution is 2.34. The van der Waals surface area contributed by atoms with Crippen LogP contribution in [0.25, 0.3) is 0 Å². The highest BCUT2D eigenvalue weighted by Gasteiger charge is 2.11. The molecule has 0 bridgehead atoms. The van der Waals surface area contributed by atoms with E-state index in [-0.39, 0.29) is 12.2 Å². The highest BCUT2D eigenvalue weighted by molar-refractivity contribution is 9.10. The molecule has 0 heterocycles. The predicted octanol–water partition coefficient (Wildman–Crippen LogP) is 3.18. The number of aromatic hydroxyl groups is 1. The lowest BCUT2D eigenvalue weighted by atomic mass is 10.0. The first-order chi connectivity index (χ1) is 7.43. The number of phenols is 1. The van der Waals surface area contributed by atoms with E-state index in [2.05, 4.69) is 15.9 Å². The monoisotopic (exact) mass is 286 g/mol. The summed E-state index contributed by atoms with van der Waals surface area (Å²) in [7, 11) is 0. The van der Waals surface area contributed by atoms with Crippen LogP contribution in [0.3, 0.4) is 0 Å². The van der Waals surface area contributed by atoms with E-state index in [0.29, 0.717) is 17.3 Å². The van der Waals surface area contributed by atoms with Gasteiger partial charge >= 0.3 is 5.97 Å². The van der Waals surface area contributed by atoms with Gasteiger partial charge in [0, 0.05) is 6.42 Å². The summed E-state index contributed by atoms with van der Waals surface area (Å²) < 4.78 is 0.706. The zero-order valence-corrected chi connectivity index (χ0v) is 11.0. The van der Waals surface area contributed by atoms with Gasteiger partial charge in [-0.3, -0.25) is 4.79 Å². The SMILES string of the molecule is Cc1cc(CCCC(=O)O)c(O)c(Br)c1C. The normalized spacial score (nSPS) is 10.4. The second-order valence-electron chi connectivity index (χ2n) is 3.89. The van der Waals surface area contributed by atoms with Crippen LogP contribution in [0.1, 0.15) is 29.5 Å². The molecule has 1 rings (SSSR count). The quantitative estimate of drug-likeness (QED) is 0.894. The van der Waals surface area contributed by atoms with Crippen LogP contribution in [0, 0.1) is 13.8 Å². The number of halogens is 1. The van der Waals surface area contributed by atoms with Crippen molar-refractivity contribution in [2.24, 2.45) is 0 Å². The zero-order valence-electron chi connectivity index (χ0n) is 9.38. The molecule has 0 atom stereocenters. The summed E-state index contributed by atoms with van der Waals surface area (Å²) in [6.45, 7) is 3.90. The van der Waals surface area contributed by atoms with Crippen molar-refractivity contribution in [2.45, 2.75) is 33.1 Å². The minimum atomic E-state index is -0.803. The number of hydrogen-bond acceptors (Lipinski definition) is 2. The number of aryl methyl sites for hydroxylation is 2. The number of carboxylic acids is 1. The first-order valence-electron chi connectivity index (χ1n) is 5.12. The fourth-order valence-corrected chi connectivity index (χ4v) is 2.12. The zero-order chi connectivity index (χ0) is 12.3. The maximum absolute atomic E-state index is 10.4. The van der Waals surface area contributed by atoms with Gasteiger partial charge in [-0.05, 0) is 59.3 Å². The van der Waals surface area contributed by atoms with E-state index >= 15 is 0 Å². The Hall–Kier alpha value is -1.03. The van der Waals surface area contributed by atoms with Gasteiger partial charge in [-0.2, -0.15) is 0 Å². The first-order valence-corrected chi connectivity index (χ1v) is 5.92. The molecule has 4 heteroatoms. The molecule has 0 spiro atoms. The third-order valence-electron chi connectivity index (χ3n) is 2.66. The lowest BCUT2D eigenvalue weighted by Crippen LogP contribution is -1.97. The third-order valence-corrected chi connectivity index (χ3v) is 3.63. The molecule has 0 saturated carbocycles. The molecule has 0 radical (unpaired) electrons. The predicted molar refractivity (Wildman–Crippen MR) is 65.9 cm³/mol. The molecule has 1 aromatic carbocycles. The van der Waals surface area contributed by atoms with Gasteiger partial charge in [0.05, 0.1) is 4.47 Å². The van der Waals surface area contributed by atoms with Crippen molar-refractivity contribution in [3.05, 3.63) is 27.2 Å². The van der Waals surface area contributed by atoms with Crippen molar-refractivity contribution in [3.8, 4) is 5.75 Å². The molecule has 0 aliphatic carbocycles. The maximum atomic E-state index is 10.4. The van der Waals surface area contributed by atoms with Crippen LogP contribution in [0.4, 0.5) is 0 Å². The number of rotatable bonds is 4. The summed E-state index contributed by atoms with van der Waals surface area (Å²) in [6.07, 6.45) is 1.25. The van der Waals surface area contributed by atoms with E-state index in [4.69, 9.17) is 5.11 Å². The van der Waals surface area contributed by atoms with Gasteiger partial charge in [-0.1, -0.05) is 6.07 Å². The van der Waals surface area contributed by atoms with E-state index < -0.39 is 5.97 Å². The largest absolute Gasteiger partial charge is 0.506 e. The van der Waals surface area contributed by atoms with E-state index in [1.807, 2.05) is 19.9 Å². The minimum Gasteiger partial charge on any atom is -0.506 e. The average Bonchev–Trinajstić information content (AvgIpc) is 2.22. The number of benzene rings is 1. The fourth-order valence-electron chi connectivity index (χ4n) is 1.55. The third kappa shape index (κ3) is 2.98. The van der Waals surface area contributed by atoms with Gasteiger partial charge in [0.2, 0.25) is 0 Å². The lowest BCUT2D eigenvalue weighted by molar-refractivity contribution is -0.137. The number of hydrogen-bond donors (Lipinski definition) is 2. The molecule has 88 valence electrons. The van der Waals surface area contributed by atoms with Gasteiger partial charge in [0.25, 0.3) is 0 Å². The number of carbonyl (C=O) groups is 1. The Balaban J connectivity index is 2.85. The van der Waals surface area contributed by atoms with Crippen LogP contribution in [0.15, 0.2) is 10.5 Å². The van der Waals surface area contributed by atoms with Crippen LogP contribution in [-0.2, 0) is 11.2 Å². The van der Waals surface area contributed by atoms with Crippen molar-refractivity contribution in [1.82, 2.24) is 0 Å². The summed E-state index contributed by atoms with van der Waals surface area (Å²) in [6, 6.07) is 1.91. The van der Waals surface area contributed by atoms with Crippen LogP contribution >= 0.6 is 15.9 Å². The Morgan fingerprint density at radius 1 is 1.44 bits per heavy atom. The summed E-state index contributed by atoms with van der Waals surface area (Å²) >= 11 is 3.34. The molecular weight excluding hydrogens is 272 g/mol. The Labute approximate surface area is 103 Å². The van der Waals surface area contributed by atoms with Crippen molar-refractivity contribution in [2.75, 3.05) is 0 Å². The molecule has 0 aromatic heterocycles. The van der Waals surface area contributed by atoms with E-state index in [0.717, 1.165) is 16.7 Å². The Morgan fingerprint density at radius 3 is 2.62 bits per heavy atom. The smallest absolute Gasteiger partial charge is 0.303 e. The number of carboxylic acid groups (broad SMARTS) is 1. The lowest BCUT2D eigenvalue weighted by Gasteiger charge is -2.11. The molecular formula is C12H15BrO3. The summed E-state index contributed by atoms with van der Waals surface area (Å²) in [4.78, 5) is 10.4. The summed E-state index contributed by atoms with van der Waals surface area (Å²) in [5.41, 5.74) is 2.91. The summed E-state index contributed by atoms with van der Waals surface area (Å²) in [5, 5.41) is 18.4. The van der Waals surface area contributed by atoms with Gasteiger partial charge < -0.3 is 10.2 Å². The molecule has 2 N–H and O–H groups in total. The van der Waals surface area contributed by atoms with Crippen molar-refractivity contribution in [3.63, 3.8) is 0 Å². The van der Waals surface area contributed by atoms with Crippen molar-refractivity contribution < 1.29 is 15.0 Å². The Bertz CT molecular complexity index is 413. The van der Waals surface area contributed by atoms with Crippen LogP contribution in [0.5, 0.6) is 5.75 Å². The molecule has 0 fully saturated rings. The second-order valence-corrected chi connectivity index (χ2v) is 4.68. The molecule has 0 unspecified atom stereocenters. The molecule has 0 aliphatic heterocycles. The number of phenolic OH excluding ortho intramolecular Hbond substituents is 1. The minimum absolute atomic E-state index is 0.129. The first kappa shape index (κ1) is 13.0. The molecule has 16 heavy (non-hydrogen) atoms. The van der Waals surface area contributed by atoms with E-state index in [1.165, 1.54) is 0 Å².